The molecule has 0 radical (unpaired) electrons. The van der Waals surface area contributed by atoms with Crippen molar-refractivity contribution in [3.8, 4) is 23.2 Å². The molecular formula is C27H17Cl2N5O2. The van der Waals surface area contributed by atoms with Crippen LogP contribution in [0.2, 0.25) is 10.0 Å². The van der Waals surface area contributed by atoms with Gasteiger partial charge in [0.25, 0.3) is 0 Å². The van der Waals surface area contributed by atoms with Gasteiger partial charge < -0.3 is 15.4 Å². The van der Waals surface area contributed by atoms with E-state index in [2.05, 4.69) is 16.3 Å². The summed E-state index contributed by atoms with van der Waals surface area (Å²) in [7, 11) is 0. The van der Waals surface area contributed by atoms with Crippen molar-refractivity contribution in [2.24, 2.45) is 5.73 Å². The zero-order chi connectivity index (χ0) is 25.0. The predicted octanol–water partition coefficient (Wildman–Crippen LogP) is 5.30. The first kappa shape index (κ1) is 22.2. The number of nitrogens with zero attached hydrogens (tertiary/aromatic N) is 3. The molecule has 0 bridgehead atoms. The van der Waals surface area contributed by atoms with Gasteiger partial charge in [0.2, 0.25) is 17.7 Å². The first-order valence-corrected chi connectivity index (χ1v) is 11.8. The van der Waals surface area contributed by atoms with E-state index in [1.54, 1.807) is 17.0 Å². The number of ether oxygens (including phenoxy) is 1. The summed E-state index contributed by atoms with van der Waals surface area (Å²) in [5, 5.41) is 18.5. The number of aromatic nitrogens is 2. The average Bonchev–Trinajstić information content (AvgIpc) is 3.41. The minimum absolute atomic E-state index is 0.0164. The van der Waals surface area contributed by atoms with Crippen LogP contribution >= 0.6 is 23.2 Å². The van der Waals surface area contributed by atoms with Gasteiger partial charge in [-0.2, -0.15) is 5.26 Å². The third-order valence-corrected chi connectivity index (χ3v) is 7.34. The number of nitrogens with two attached hydrogens (primary N) is 1. The smallest absolute Gasteiger partial charge is 0.248 e. The zero-order valence-electron chi connectivity index (χ0n) is 18.6. The van der Waals surface area contributed by atoms with Crippen molar-refractivity contribution in [3.63, 3.8) is 0 Å². The maximum Gasteiger partial charge on any atom is 0.248 e. The van der Waals surface area contributed by atoms with Crippen LogP contribution in [0, 0.1) is 11.3 Å². The van der Waals surface area contributed by atoms with Crippen molar-refractivity contribution in [3.05, 3.63) is 111 Å². The molecule has 6 rings (SSSR count). The molecule has 1 aromatic heterocycles. The maximum absolute atomic E-state index is 14.6. The monoisotopic (exact) mass is 513 g/mol. The van der Waals surface area contributed by atoms with Gasteiger partial charge in [-0.25, -0.2) is 0 Å². The summed E-state index contributed by atoms with van der Waals surface area (Å²) >= 11 is 12.4. The number of hydrogen-bond donors (Lipinski definition) is 2. The lowest BCUT2D eigenvalue weighted by Gasteiger charge is -2.33. The molecule has 2 aliphatic heterocycles. The molecule has 0 aliphatic carbocycles. The predicted molar refractivity (Wildman–Crippen MR) is 136 cm³/mol. The Bertz CT molecular complexity index is 1620. The number of aromatic amines is 1. The minimum Gasteiger partial charge on any atom is -0.420 e. The summed E-state index contributed by atoms with van der Waals surface area (Å²) in [4.78, 5) is 16.2. The van der Waals surface area contributed by atoms with E-state index in [4.69, 9.17) is 33.7 Å². The third kappa shape index (κ3) is 2.99. The average molecular weight is 514 g/mol. The van der Waals surface area contributed by atoms with Gasteiger partial charge >= 0.3 is 0 Å². The fourth-order valence-corrected chi connectivity index (χ4v) is 5.40. The number of rotatable bonds is 3. The molecule has 1 spiro atoms. The van der Waals surface area contributed by atoms with Gasteiger partial charge in [0, 0.05) is 16.8 Å². The van der Waals surface area contributed by atoms with E-state index in [1.807, 2.05) is 60.7 Å². The van der Waals surface area contributed by atoms with Crippen LogP contribution in [-0.2, 0) is 16.8 Å². The number of carbonyl (C=O) groups excluding carboxylic acids is 1. The molecule has 0 saturated heterocycles. The van der Waals surface area contributed by atoms with Gasteiger partial charge in [-0.1, -0.05) is 77.8 Å². The highest BCUT2D eigenvalue weighted by atomic mass is 35.5. The molecule has 7 nitrogen and oxygen atoms in total. The number of benzene rings is 3. The number of amides is 1. The second-order valence-corrected chi connectivity index (χ2v) is 9.32. The van der Waals surface area contributed by atoms with E-state index in [1.165, 1.54) is 0 Å². The van der Waals surface area contributed by atoms with E-state index >= 15 is 0 Å². The van der Waals surface area contributed by atoms with Crippen LogP contribution in [0.1, 0.15) is 16.7 Å². The summed E-state index contributed by atoms with van der Waals surface area (Å²) in [5.74, 6) is -0.335. The molecule has 0 saturated carbocycles. The Morgan fingerprint density at radius 3 is 2.56 bits per heavy atom. The van der Waals surface area contributed by atoms with Gasteiger partial charge in [0.1, 0.15) is 17.1 Å². The number of nitrogens with one attached hydrogen (secondary N) is 1. The van der Waals surface area contributed by atoms with Crippen molar-refractivity contribution in [1.82, 2.24) is 10.2 Å². The van der Waals surface area contributed by atoms with E-state index in [-0.39, 0.29) is 29.8 Å². The zero-order valence-corrected chi connectivity index (χ0v) is 20.1. The van der Waals surface area contributed by atoms with Gasteiger partial charge in [0.15, 0.2) is 0 Å². The van der Waals surface area contributed by atoms with Crippen molar-refractivity contribution >= 4 is 34.8 Å². The molecule has 3 aromatic carbocycles. The van der Waals surface area contributed by atoms with Crippen molar-refractivity contribution in [2.75, 3.05) is 4.90 Å². The molecule has 1 atom stereocenters. The summed E-state index contributed by atoms with van der Waals surface area (Å²) < 4.78 is 5.76. The van der Waals surface area contributed by atoms with Gasteiger partial charge in [0.05, 0.1) is 27.8 Å². The van der Waals surface area contributed by atoms with Crippen LogP contribution in [0.4, 0.5) is 5.69 Å². The fourth-order valence-electron chi connectivity index (χ4n) is 5.08. The quantitative estimate of drug-likeness (QED) is 0.386. The lowest BCUT2D eigenvalue weighted by atomic mass is 9.68. The second kappa shape index (κ2) is 8.16. The van der Waals surface area contributed by atoms with E-state index in [0.29, 0.717) is 32.6 Å². The Balaban J connectivity index is 1.62. The number of halogens is 2. The van der Waals surface area contributed by atoms with Gasteiger partial charge in [-0.3, -0.25) is 9.89 Å². The highest BCUT2D eigenvalue weighted by molar-refractivity contribution is 6.42. The first-order chi connectivity index (χ1) is 17.5. The van der Waals surface area contributed by atoms with E-state index < -0.39 is 5.41 Å². The molecule has 9 heteroatoms. The normalized spacial score (nSPS) is 18.1. The van der Waals surface area contributed by atoms with Crippen LogP contribution in [-0.4, -0.2) is 16.1 Å². The Kier molecular flexibility index (Phi) is 5.04. The number of hydrogen-bond acceptors (Lipinski definition) is 5. The van der Waals surface area contributed by atoms with Crippen LogP contribution in [0.15, 0.2) is 84.3 Å². The molecule has 4 aromatic rings. The van der Waals surface area contributed by atoms with Crippen LogP contribution in [0.3, 0.4) is 0 Å². The lowest BCUT2D eigenvalue weighted by Crippen LogP contribution is -2.45. The number of H-pyrrole nitrogens is 1. The van der Waals surface area contributed by atoms with Crippen LogP contribution < -0.4 is 15.4 Å². The highest BCUT2D eigenvalue weighted by Crippen LogP contribution is 2.57. The topological polar surface area (TPSA) is 108 Å². The number of anilines is 1. The first-order valence-electron chi connectivity index (χ1n) is 11.0. The van der Waals surface area contributed by atoms with Crippen molar-refractivity contribution < 1.29 is 9.53 Å². The number of fused-ring (bicyclic) bond motifs is 4. The molecule has 36 heavy (non-hydrogen) atoms. The third-order valence-electron chi connectivity index (χ3n) is 6.60. The fraction of sp³-hybridized carbons (Fsp3) is 0.0741. The molecule has 1 amide bonds. The summed E-state index contributed by atoms with van der Waals surface area (Å²) in [6.07, 6.45) is 0. The summed E-state index contributed by atoms with van der Waals surface area (Å²) in [6.45, 7) is 0.210. The summed E-state index contributed by atoms with van der Waals surface area (Å²) in [5.41, 5.74) is 8.59. The molecule has 3 N–H and O–H groups in total. The van der Waals surface area contributed by atoms with Crippen molar-refractivity contribution in [1.29, 1.82) is 5.26 Å². The Morgan fingerprint density at radius 2 is 1.81 bits per heavy atom. The molecule has 0 fully saturated rings. The number of nitriles is 1. The SMILES string of the molecule is N#CC1=C(N)Oc2n[nH]c(-c3ccccc3)c2[C@]12C(=O)N(Cc1ccc(Cl)c(Cl)c1)c1ccccc12. The second-order valence-electron chi connectivity index (χ2n) is 8.50. The minimum atomic E-state index is -1.54. The lowest BCUT2D eigenvalue weighted by molar-refractivity contribution is -0.121. The van der Waals surface area contributed by atoms with Gasteiger partial charge in [-0.05, 0) is 23.8 Å². The highest BCUT2D eigenvalue weighted by Gasteiger charge is 2.61. The molecule has 2 aliphatic rings. The molecule has 0 unspecified atom stereocenters. The Labute approximate surface area is 216 Å². The van der Waals surface area contributed by atoms with E-state index in [9.17, 15) is 10.1 Å². The molecular weight excluding hydrogens is 497 g/mol. The molecule has 176 valence electrons. The largest absolute Gasteiger partial charge is 0.420 e. The number of para-hydroxylation sites is 1. The van der Waals surface area contributed by atoms with Crippen LogP contribution in [0.5, 0.6) is 5.88 Å². The Hall–Kier alpha value is -4.25. The van der Waals surface area contributed by atoms with Crippen LogP contribution in [0.25, 0.3) is 11.3 Å². The standard InChI is InChI=1S/C27H17Cl2N5O2/c28-19-11-10-15(12-20(19)29)14-34-21-9-5-4-8-17(21)27(26(34)35)18(13-30)24(31)36-25-22(27)23(32-33-25)16-6-2-1-3-7-16/h1-12H,14,31H2,(H,32,33)/t27-/m1/s1. The summed E-state index contributed by atoms with van der Waals surface area (Å²) in [6, 6.07) is 24.2. The molecule has 3 heterocycles. The maximum atomic E-state index is 14.6. The van der Waals surface area contributed by atoms with Gasteiger partial charge in [-0.15, -0.1) is 5.10 Å². The number of carbonyl (C=O) groups is 1. The van der Waals surface area contributed by atoms with E-state index in [0.717, 1.165) is 11.1 Å². The van der Waals surface area contributed by atoms with Crippen molar-refractivity contribution in [2.45, 2.75) is 12.0 Å². The Morgan fingerprint density at radius 1 is 1.06 bits per heavy atom.